The van der Waals surface area contributed by atoms with Gasteiger partial charge < -0.3 is 14.8 Å². The highest BCUT2D eigenvalue weighted by molar-refractivity contribution is 6.08. The smallest absolute Gasteiger partial charge is 0.352 e. The van der Waals surface area contributed by atoms with Gasteiger partial charge in [-0.3, -0.25) is 4.79 Å². The average Bonchev–Trinajstić information content (AvgIpc) is 2.83. The Balaban J connectivity index is 2.45. The van der Waals surface area contributed by atoms with Gasteiger partial charge in [-0.1, -0.05) is 30.3 Å². The number of hydrogen-bond acceptors (Lipinski definition) is 3. The molecule has 0 bridgehead atoms. The molecule has 0 aliphatic rings. The highest BCUT2D eigenvalue weighted by Gasteiger charge is 2.19. The molecule has 5 heteroatoms. The lowest BCUT2D eigenvalue weighted by Gasteiger charge is -2.09. The molecular weight excluding hydrogens is 246 g/mol. The minimum absolute atomic E-state index is 0.00617. The van der Waals surface area contributed by atoms with Crippen molar-refractivity contribution in [1.29, 1.82) is 0 Å². The summed E-state index contributed by atoms with van der Waals surface area (Å²) in [6.07, 6.45) is 0. The summed E-state index contributed by atoms with van der Waals surface area (Å²) in [4.78, 5) is 23.3. The first kappa shape index (κ1) is 13.0. The molecule has 1 aromatic carbocycles. The van der Waals surface area contributed by atoms with Crippen LogP contribution in [0, 0.1) is 0 Å². The van der Waals surface area contributed by atoms with Crippen LogP contribution in [0.5, 0.6) is 0 Å². The fourth-order valence-electron chi connectivity index (χ4n) is 1.93. The van der Waals surface area contributed by atoms with Crippen LogP contribution in [0.4, 0.5) is 0 Å². The maximum Gasteiger partial charge on any atom is 0.352 e. The SMILES string of the molecule is O=C(O)c1ccc(C(=O)c2ccccc2)n1CCO. The van der Waals surface area contributed by atoms with E-state index in [1.165, 1.54) is 16.7 Å². The van der Waals surface area contributed by atoms with Crippen molar-refractivity contribution < 1.29 is 19.8 Å². The number of aliphatic hydroxyl groups excluding tert-OH is 1. The topological polar surface area (TPSA) is 79.5 Å². The predicted molar refractivity (Wildman–Crippen MR) is 68.4 cm³/mol. The van der Waals surface area contributed by atoms with Crippen LogP contribution in [-0.2, 0) is 6.54 Å². The predicted octanol–water partition coefficient (Wildman–Crippen LogP) is 1.41. The number of carboxylic acid groups (broad SMARTS) is 1. The zero-order chi connectivity index (χ0) is 13.8. The summed E-state index contributed by atoms with van der Waals surface area (Å²) in [6.45, 7) is -0.160. The number of carbonyl (C=O) groups is 2. The Kier molecular flexibility index (Phi) is 3.77. The van der Waals surface area contributed by atoms with Crippen molar-refractivity contribution in [3.8, 4) is 0 Å². The van der Waals surface area contributed by atoms with E-state index in [1.807, 2.05) is 0 Å². The Labute approximate surface area is 109 Å². The third-order valence-electron chi connectivity index (χ3n) is 2.79. The van der Waals surface area contributed by atoms with Gasteiger partial charge in [-0.05, 0) is 12.1 Å². The lowest BCUT2D eigenvalue weighted by Crippen LogP contribution is -2.17. The van der Waals surface area contributed by atoms with E-state index < -0.39 is 5.97 Å². The zero-order valence-electron chi connectivity index (χ0n) is 10.1. The van der Waals surface area contributed by atoms with Crippen molar-refractivity contribution >= 4 is 11.8 Å². The second-order valence-corrected chi connectivity index (χ2v) is 3.98. The van der Waals surface area contributed by atoms with Crippen LogP contribution in [0.25, 0.3) is 0 Å². The Morgan fingerprint density at radius 2 is 1.63 bits per heavy atom. The molecule has 0 fully saturated rings. The Bertz CT molecular complexity index is 601. The standard InChI is InChI=1S/C14H13NO4/c16-9-8-15-11(6-7-12(15)14(18)19)13(17)10-4-2-1-3-5-10/h1-7,16H,8-9H2,(H,18,19). The lowest BCUT2D eigenvalue weighted by atomic mass is 10.1. The molecule has 2 rings (SSSR count). The van der Waals surface area contributed by atoms with E-state index in [-0.39, 0.29) is 30.3 Å². The van der Waals surface area contributed by atoms with Crippen LogP contribution in [0.1, 0.15) is 26.5 Å². The number of carboxylic acids is 1. The number of aliphatic hydroxyl groups is 1. The molecule has 0 aliphatic heterocycles. The van der Waals surface area contributed by atoms with Gasteiger partial charge in [0.2, 0.25) is 5.78 Å². The van der Waals surface area contributed by atoms with E-state index in [0.29, 0.717) is 5.56 Å². The van der Waals surface area contributed by atoms with Gasteiger partial charge in [0, 0.05) is 12.1 Å². The highest BCUT2D eigenvalue weighted by Crippen LogP contribution is 2.14. The van der Waals surface area contributed by atoms with E-state index >= 15 is 0 Å². The third-order valence-corrected chi connectivity index (χ3v) is 2.79. The molecule has 0 spiro atoms. The fourth-order valence-corrected chi connectivity index (χ4v) is 1.93. The van der Waals surface area contributed by atoms with E-state index in [9.17, 15) is 9.59 Å². The second-order valence-electron chi connectivity index (χ2n) is 3.98. The van der Waals surface area contributed by atoms with Crippen molar-refractivity contribution in [1.82, 2.24) is 4.57 Å². The molecule has 5 nitrogen and oxygen atoms in total. The summed E-state index contributed by atoms with van der Waals surface area (Å²) < 4.78 is 1.32. The van der Waals surface area contributed by atoms with Crippen molar-refractivity contribution in [2.45, 2.75) is 6.54 Å². The molecule has 0 saturated carbocycles. The molecule has 0 radical (unpaired) electrons. The molecule has 1 aromatic heterocycles. The summed E-state index contributed by atoms with van der Waals surface area (Å²) in [5.74, 6) is -1.39. The molecule has 0 aliphatic carbocycles. The van der Waals surface area contributed by atoms with E-state index in [2.05, 4.69) is 0 Å². The maximum absolute atomic E-state index is 12.3. The largest absolute Gasteiger partial charge is 0.477 e. The zero-order valence-corrected chi connectivity index (χ0v) is 10.1. The minimum Gasteiger partial charge on any atom is -0.477 e. The minimum atomic E-state index is -1.12. The van der Waals surface area contributed by atoms with Gasteiger partial charge >= 0.3 is 5.97 Å². The van der Waals surface area contributed by atoms with Crippen LogP contribution in [0.15, 0.2) is 42.5 Å². The Hall–Kier alpha value is -2.40. The van der Waals surface area contributed by atoms with Crippen LogP contribution >= 0.6 is 0 Å². The monoisotopic (exact) mass is 259 g/mol. The van der Waals surface area contributed by atoms with Gasteiger partial charge in [-0.25, -0.2) is 4.79 Å². The number of carbonyl (C=O) groups excluding carboxylic acids is 1. The molecule has 0 atom stereocenters. The van der Waals surface area contributed by atoms with Crippen LogP contribution in [-0.4, -0.2) is 33.1 Å². The average molecular weight is 259 g/mol. The maximum atomic E-state index is 12.3. The molecule has 98 valence electrons. The Morgan fingerprint density at radius 3 is 2.21 bits per heavy atom. The summed E-state index contributed by atoms with van der Waals surface area (Å²) in [5, 5.41) is 18.0. The number of nitrogens with zero attached hydrogens (tertiary/aromatic N) is 1. The highest BCUT2D eigenvalue weighted by atomic mass is 16.4. The fraction of sp³-hybridized carbons (Fsp3) is 0.143. The van der Waals surface area contributed by atoms with Gasteiger partial charge in [0.25, 0.3) is 0 Å². The molecule has 1 heterocycles. The number of rotatable bonds is 5. The van der Waals surface area contributed by atoms with E-state index in [0.717, 1.165) is 0 Å². The van der Waals surface area contributed by atoms with Gasteiger partial charge in [0.15, 0.2) is 0 Å². The van der Waals surface area contributed by atoms with Crippen molar-refractivity contribution in [3.05, 3.63) is 59.4 Å². The van der Waals surface area contributed by atoms with Crippen LogP contribution in [0.2, 0.25) is 0 Å². The number of aromatic nitrogens is 1. The molecule has 0 unspecified atom stereocenters. The van der Waals surface area contributed by atoms with Gasteiger partial charge in [0.05, 0.1) is 12.3 Å². The van der Waals surface area contributed by atoms with E-state index in [4.69, 9.17) is 10.2 Å². The summed E-state index contributed by atoms with van der Waals surface area (Å²) >= 11 is 0. The lowest BCUT2D eigenvalue weighted by molar-refractivity contribution is 0.0683. The second kappa shape index (κ2) is 5.49. The molecular formula is C14H13NO4. The van der Waals surface area contributed by atoms with Gasteiger partial charge in [-0.2, -0.15) is 0 Å². The van der Waals surface area contributed by atoms with Gasteiger partial charge in [-0.15, -0.1) is 0 Å². The number of hydrogen-bond donors (Lipinski definition) is 2. The first-order valence-corrected chi connectivity index (χ1v) is 5.78. The van der Waals surface area contributed by atoms with Crippen LogP contribution in [0.3, 0.4) is 0 Å². The van der Waals surface area contributed by atoms with E-state index in [1.54, 1.807) is 30.3 Å². The molecule has 0 amide bonds. The van der Waals surface area contributed by atoms with Gasteiger partial charge in [0.1, 0.15) is 5.69 Å². The number of ketones is 1. The Morgan fingerprint density at radius 1 is 1.00 bits per heavy atom. The normalized spacial score (nSPS) is 10.4. The third kappa shape index (κ3) is 2.56. The molecule has 2 aromatic rings. The first-order chi connectivity index (χ1) is 9.15. The van der Waals surface area contributed by atoms with Crippen molar-refractivity contribution in [2.75, 3.05) is 6.61 Å². The summed E-state index contributed by atoms with van der Waals surface area (Å²) in [7, 11) is 0. The summed E-state index contributed by atoms with van der Waals surface area (Å²) in [5.41, 5.74) is 0.739. The van der Waals surface area contributed by atoms with Crippen molar-refractivity contribution in [3.63, 3.8) is 0 Å². The quantitative estimate of drug-likeness (QED) is 0.796. The molecule has 0 saturated heterocycles. The summed E-state index contributed by atoms with van der Waals surface area (Å²) in [6, 6.07) is 11.4. The van der Waals surface area contributed by atoms with Crippen LogP contribution < -0.4 is 0 Å². The molecule has 19 heavy (non-hydrogen) atoms. The van der Waals surface area contributed by atoms with Crippen molar-refractivity contribution in [2.24, 2.45) is 0 Å². The first-order valence-electron chi connectivity index (χ1n) is 5.78. The number of benzene rings is 1. The number of aromatic carboxylic acids is 1. The molecule has 2 N–H and O–H groups in total.